The van der Waals surface area contributed by atoms with E-state index in [1.54, 1.807) is 12.3 Å². The molecule has 0 bridgehead atoms. The Morgan fingerprint density at radius 3 is 2.36 bits per heavy atom. The van der Waals surface area contributed by atoms with Crippen LogP contribution in [0.1, 0.15) is 58.9 Å². The lowest BCUT2D eigenvalue weighted by Gasteiger charge is -2.48. The van der Waals surface area contributed by atoms with Gasteiger partial charge in [0.25, 0.3) is 0 Å². The number of allylic oxidation sites excluding steroid dienone is 1. The monoisotopic (exact) mass is 469 g/mol. The highest BCUT2D eigenvalue weighted by molar-refractivity contribution is 9.10. The molecule has 1 aliphatic rings. The van der Waals surface area contributed by atoms with Crippen molar-refractivity contribution >= 4 is 30.0 Å². The Morgan fingerprint density at radius 2 is 1.89 bits per heavy atom. The first-order valence-electron chi connectivity index (χ1n) is 9.52. The largest absolute Gasteiger partial charge is 0.491 e. The molecule has 1 aliphatic heterocycles. The summed E-state index contributed by atoms with van der Waals surface area (Å²) in [5, 5.41) is -0.0438. The van der Waals surface area contributed by atoms with Crippen molar-refractivity contribution in [2.24, 2.45) is 5.41 Å². The maximum absolute atomic E-state index is 13.5. The molecule has 0 amide bonds. The molecule has 1 aromatic rings. The maximum atomic E-state index is 13.5. The van der Waals surface area contributed by atoms with Crippen LogP contribution in [-0.2, 0) is 9.22 Å². The van der Waals surface area contributed by atoms with E-state index in [0.717, 1.165) is 0 Å². The molecule has 0 saturated carbocycles. The molecular formula is C21H32BrNO4Si. The molecule has 0 spiro atoms. The van der Waals surface area contributed by atoms with E-state index >= 15 is 0 Å². The lowest BCUT2D eigenvalue weighted by Crippen LogP contribution is -2.51. The molecule has 2 atom stereocenters. The van der Waals surface area contributed by atoms with E-state index in [2.05, 4.69) is 56.4 Å². The summed E-state index contributed by atoms with van der Waals surface area (Å²) < 4.78 is 14.5. The van der Waals surface area contributed by atoms with Crippen molar-refractivity contribution < 1.29 is 14.0 Å². The van der Waals surface area contributed by atoms with E-state index in [4.69, 9.17) is 9.16 Å². The Bertz CT molecular complexity index is 851. The van der Waals surface area contributed by atoms with Crippen molar-refractivity contribution in [3.05, 3.63) is 39.2 Å². The minimum absolute atomic E-state index is 0.0438. The summed E-state index contributed by atoms with van der Waals surface area (Å²) in [4.78, 5) is 26.3. The second-order valence-electron chi connectivity index (χ2n) is 9.52. The van der Waals surface area contributed by atoms with Crippen molar-refractivity contribution in [2.75, 3.05) is 7.11 Å². The summed E-state index contributed by atoms with van der Waals surface area (Å²) in [6.07, 6.45) is 3.32. The lowest BCUT2D eigenvalue weighted by atomic mass is 9.73. The Labute approximate surface area is 177 Å². The summed E-state index contributed by atoms with van der Waals surface area (Å²) in [5.74, 6) is 0.300. The van der Waals surface area contributed by atoms with Crippen LogP contribution in [0.4, 0.5) is 0 Å². The highest BCUT2D eigenvalue weighted by Crippen LogP contribution is 2.52. The number of fused-ring (bicyclic) bond motifs is 1. The fourth-order valence-corrected chi connectivity index (χ4v) is 5.13. The summed E-state index contributed by atoms with van der Waals surface area (Å²) in [7, 11) is -0.756. The van der Waals surface area contributed by atoms with Crippen LogP contribution in [0.25, 0.3) is 0 Å². The highest BCUT2D eigenvalue weighted by Gasteiger charge is 2.53. The smallest absolute Gasteiger partial charge is 0.237 e. The van der Waals surface area contributed by atoms with E-state index in [0.29, 0.717) is 16.6 Å². The van der Waals surface area contributed by atoms with E-state index in [9.17, 15) is 9.59 Å². The average Bonchev–Trinajstić information content (AvgIpc) is 2.57. The number of aromatic nitrogens is 1. The van der Waals surface area contributed by atoms with Crippen LogP contribution in [0, 0.1) is 5.41 Å². The molecule has 0 aromatic carbocycles. The lowest BCUT2D eigenvalue weighted by molar-refractivity contribution is -0.139. The van der Waals surface area contributed by atoms with Crippen LogP contribution in [0.2, 0.25) is 18.1 Å². The zero-order chi connectivity index (χ0) is 21.7. The molecular weight excluding hydrogens is 438 g/mol. The molecule has 7 heteroatoms. The van der Waals surface area contributed by atoms with Gasteiger partial charge in [0.15, 0.2) is 19.9 Å². The Morgan fingerprint density at radius 1 is 1.32 bits per heavy atom. The molecule has 2 unspecified atom stereocenters. The molecule has 1 aromatic heterocycles. The van der Waals surface area contributed by atoms with E-state index in [1.807, 2.05) is 18.4 Å². The van der Waals surface area contributed by atoms with Crippen LogP contribution >= 0.6 is 15.9 Å². The minimum Gasteiger partial charge on any atom is -0.491 e. The zero-order valence-electron chi connectivity index (χ0n) is 18.2. The molecule has 28 heavy (non-hydrogen) atoms. The Hall–Kier alpha value is -1.18. The minimum atomic E-state index is -2.24. The van der Waals surface area contributed by atoms with Gasteiger partial charge >= 0.3 is 0 Å². The maximum Gasteiger partial charge on any atom is 0.237 e. The number of carbonyl (C=O) groups excluding carboxylic acids is 1. The predicted octanol–water partition coefficient (Wildman–Crippen LogP) is 5.41. The summed E-state index contributed by atoms with van der Waals surface area (Å²) in [5.41, 5.74) is -0.409. The highest BCUT2D eigenvalue weighted by atomic mass is 79.9. The van der Waals surface area contributed by atoms with Gasteiger partial charge in [-0.2, -0.15) is 0 Å². The van der Waals surface area contributed by atoms with E-state index in [1.165, 1.54) is 7.11 Å². The second kappa shape index (κ2) is 7.57. The first-order chi connectivity index (χ1) is 12.7. The number of nitrogens with zero attached hydrogens (tertiary/aromatic N) is 1. The van der Waals surface area contributed by atoms with Gasteiger partial charge in [0.1, 0.15) is 6.10 Å². The number of ketones is 1. The van der Waals surface area contributed by atoms with Crippen molar-refractivity contribution in [2.45, 2.75) is 71.3 Å². The standard InChI is InChI=1S/C21H32BrNO4Si/c1-10-11-14-18(25)21(5,6)19(27-28(8,9)20(2,3)4)15-17(26-7)16(24)13(22)12-23(14)15/h10,12,14,19H,1,11H2,2-9H3. The van der Waals surface area contributed by atoms with Crippen LogP contribution in [0.15, 0.2) is 28.1 Å². The van der Waals surface area contributed by atoms with Crippen molar-refractivity contribution in [3.8, 4) is 5.75 Å². The van der Waals surface area contributed by atoms with Gasteiger partial charge < -0.3 is 13.7 Å². The molecule has 2 heterocycles. The van der Waals surface area contributed by atoms with Crippen molar-refractivity contribution in [1.82, 2.24) is 4.57 Å². The summed E-state index contributed by atoms with van der Waals surface area (Å²) in [6.45, 7) is 18.4. The average molecular weight is 470 g/mol. The van der Waals surface area contributed by atoms with Gasteiger partial charge in [0, 0.05) is 6.20 Å². The van der Waals surface area contributed by atoms with E-state index < -0.39 is 25.9 Å². The van der Waals surface area contributed by atoms with Crippen LogP contribution in [-0.4, -0.2) is 25.8 Å². The Kier molecular flexibility index (Phi) is 6.25. The first-order valence-corrected chi connectivity index (χ1v) is 13.2. The van der Waals surface area contributed by atoms with E-state index in [-0.39, 0.29) is 22.0 Å². The predicted molar refractivity (Wildman–Crippen MR) is 119 cm³/mol. The topological polar surface area (TPSA) is 57.5 Å². The van der Waals surface area contributed by atoms with Crippen LogP contribution < -0.4 is 10.2 Å². The van der Waals surface area contributed by atoms with Gasteiger partial charge in [-0.15, -0.1) is 6.58 Å². The number of hydrogen-bond acceptors (Lipinski definition) is 4. The third-order valence-corrected chi connectivity index (χ3v) is 11.2. The molecule has 5 nitrogen and oxygen atoms in total. The number of ether oxygens (including phenoxy) is 1. The summed E-state index contributed by atoms with van der Waals surface area (Å²) in [6, 6.07) is -0.451. The number of hydrogen-bond donors (Lipinski definition) is 0. The SMILES string of the molecule is C=CCC1C(=O)C(C)(C)C(O[Si](C)(C)C(C)(C)C)c2c(OC)c(=O)c(Br)cn21. The van der Waals surface area contributed by atoms with Gasteiger partial charge in [0.05, 0.1) is 28.7 Å². The summed E-state index contributed by atoms with van der Waals surface area (Å²) >= 11 is 3.32. The number of carbonyl (C=O) groups is 1. The number of pyridine rings is 1. The van der Waals surface area contributed by atoms with Crippen molar-refractivity contribution in [3.63, 3.8) is 0 Å². The van der Waals surface area contributed by atoms with Gasteiger partial charge in [0.2, 0.25) is 5.43 Å². The Balaban J connectivity index is 2.84. The molecule has 0 N–H and O–H groups in total. The first kappa shape index (κ1) is 23.1. The number of halogens is 1. The number of Topliss-reactive ketones (excluding diaryl/α,β-unsaturated/α-hetero) is 1. The molecule has 0 saturated heterocycles. The van der Waals surface area contributed by atoms with Crippen molar-refractivity contribution in [1.29, 1.82) is 0 Å². The second-order valence-corrected chi connectivity index (χ2v) is 15.1. The van der Waals surface area contributed by atoms with Crippen LogP contribution in [0.3, 0.4) is 0 Å². The molecule has 0 fully saturated rings. The van der Waals surface area contributed by atoms with Crippen LogP contribution in [0.5, 0.6) is 5.75 Å². The number of methoxy groups -OCH3 is 1. The van der Waals surface area contributed by atoms with Gasteiger partial charge in [-0.1, -0.05) is 26.8 Å². The molecule has 156 valence electrons. The van der Waals surface area contributed by atoms with Gasteiger partial charge in [-0.3, -0.25) is 9.59 Å². The number of rotatable bonds is 5. The fourth-order valence-electron chi connectivity index (χ4n) is 3.38. The molecule has 0 radical (unpaired) electrons. The third kappa shape index (κ3) is 3.68. The molecule has 2 rings (SSSR count). The normalized spacial score (nSPS) is 22.0. The zero-order valence-corrected chi connectivity index (χ0v) is 20.8. The third-order valence-electron chi connectivity index (χ3n) is 6.18. The van der Waals surface area contributed by atoms with Gasteiger partial charge in [-0.05, 0) is 54.3 Å². The fraction of sp³-hybridized carbons (Fsp3) is 0.619. The quantitative estimate of drug-likeness (QED) is 0.427. The molecule has 0 aliphatic carbocycles. The van der Waals surface area contributed by atoms with Gasteiger partial charge in [-0.25, -0.2) is 0 Å².